The standard InChI is InChI=1S/C29H20N2O4/c32-28(22-10-4-1-5-11-22)34-25-18-16-21(17-19-25)26-20-27(31(30-26)24-14-8-3-9-15-24)35-29(33)23-12-6-2-7-13-23/h1-20H. The molecule has 1 aromatic heterocycles. The minimum Gasteiger partial charge on any atom is -0.423 e. The van der Waals surface area contributed by atoms with Crippen molar-refractivity contribution in [3.8, 4) is 28.6 Å². The van der Waals surface area contributed by atoms with Crippen LogP contribution in [0.5, 0.6) is 11.6 Å². The molecule has 0 N–H and O–H groups in total. The molecule has 6 nitrogen and oxygen atoms in total. The van der Waals surface area contributed by atoms with Gasteiger partial charge in [0.05, 0.1) is 22.5 Å². The number of carbonyl (C=O) groups excluding carboxylic acids is 2. The van der Waals surface area contributed by atoms with Crippen molar-refractivity contribution in [3.63, 3.8) is 0 Å². The number of ether oxygens (including phenoxy) is 2. The first-order valence-electron chi connectivity index (χ1n) is 11.0. The van der Waals surface area contributed by atoms with Gasteiger partial charge in [-0.2, -0.15) is 5.10 Å². The first-order valence-corrected chi connectivity index (χ1v) is 11.0. The van der Waals surface area contributed by atoms with E-state index >= 15 is 0 Å². The minimum atomic E-state index is -0.475. The van der Waals surface area contributed by atoms with Crippen LogP contribution in [0.15, 0.2) is 121 Å². The molecule has 6 heteroatoms. The number of hydrogen-bond acceptors (Lipinski definition) is 5. The smallest absolute Gasteiger partial charge is 0.344 e. The maximum Gasteiger partial charge on any atom is 0.344 e. The van der Waals surface area contributed by atoms with E-state index in [1.54, 1.807) is 83.5 Å². The Kier molecular flexibility index (Phi) is 6.17. The lowest BCUT2D eigenvalue weighted by molar-refractivity contribution is 0.0717. The third-order valence-corrected chi connectivity index (χ3v) is 5.25. The third-order valence-electron chi connectivity index (χ3n) is 5.25. The Morgan fingerprint density at radius 1 is 0.600 bits per heavy atom. The van der Waals surface area contributed by atoms with Gasteiger partial charge >= 0.3 is 11.9 Å². The zero-order valence-corrected chi connectivity index (χ0v) is 18.6. The molecule has 35 heavy (non-hydrogen) atoms. The lowest BCUT2D eigenvalue weighted by Gasteiger charge is -2.07. The molecule has 0 unspecified atom stereocenters. The van der Waals surface area contributed by atoms with Crippen molar-refractivity contribution < 1.29 is 19.1 Å². The summed E-state index contributed by atoms with van der Waals surface area (Å²) in [7, 11) is 0. The predicted octanol–water partition coefficient (Wildman–Crippen LogP) is 5.98. The van der Waals surface area contributed by atoms with Crippen LogP contribution < -0.4 is 9.47 Å². The summed E-state index contributed by atoms with van der Waals surface area (Å²) in [6.07, 6.45) is 0. The molecule has 0 atom stereocenters. The van der Waals surface area contributed by atoms with Crippen molar-refractivity contribution in [2.45, 2.75) is 0 Å². The van der Waals surface area contributed by atoms with Gasteiger partial charge in [0.1, 0.15) is 5.75 Å². The van der Waals surface area contributed by atoms with Crippen LogP contribution in [-0.2, 0) is 0 Å². The highest BCUT2D eigenvalue weighted by Gasteiger charge is 2.17. The molecular weight excluding hydrogens is 440 g/mol. The highest BCUT2D eigenvalue weighted by atomic mass is 16.5. The molecule has 5 rings (SSSR count). The van der Waals surface area contributed by atoms with Gasteiger partial charge in [0.15, 0.2) is 0 Å². The van der Waals surface area contributed by atoms with Crippen LogP contribution in [0.1, 0.15) is 20.7 Å². The van der Waals surface area contributed by atoms with Crippen molar-refractivity contribution >= 4 is 11.9 Å². The normalized spacial score (nSPS) is 10.5. The molecule has 4 aromatic carbocycles. The zero-order chi connectivity index (χ0) is 24.0. The Morgan fingerprint density at radius 2 is 1.11 bits per heavy atom. The molecule has 170 valence electrons. The summed E-state index contributed by atoms with van der Waals surface area (Å²) < 4.78 is 12.7. The van der Waals surface area contributed by atoms with Crippen LogP contribution in [0.3, 0.4) is 0 Å². The fourth-order valence-corrected chi connectivity index (χ4v) is 3.49. The van der Waals surface area contributed by atoms with Crippen molar-refractivity contribution in [2.24, 2.45) is 0 Å². The van der Waals surface area contributed by atoms with E-state index in [4.69, 9.17) is 9.47 Å². The second kappa shape index (κ2) is 9.89. The fourth-order valence-electron chi connectivity index (χ4n) is 3.49. The summed E-state index contributed by atoms with van der Waals surface area (Å²) in [5, 5.41) is 4.67. The lowest BCUT2D eigenvalue weighted by atomic mass is 10.1. The van der Waals surface area contributed by atoms with Crippen LogP contribution >= 0.6 is 0 Å². The molecule has 0 radical (unpaired) electrons. The van der Waals surface area contributed by atoms with Gasteiger partial charge in [-0.3, -0.25) is 0 Å². The van der Waals surface area contributed by atoms with E-state index in [2.05, 4.69) is 5.10 Å². The minimum absolute atomic E-state index is 0.291. The number of para-hydroxylation sites is 1. The van der Waals surface area contributed by atoms with Gasteiger partial charge in [0.25, 0.3) is 0 Å². The second-order valence-electron chi connectivity index (χ2n) is 7.65. The number of rotatable bonds is 6. The van der Waals surface area contributed by atoms with Crippen LogP contribution in [0.2, 0.25) is 0 Å². The van der Waals surface area contributed by atoms with Crippen LogP contribution in [0, 0.1) is 0 Å². The number of esters is 2. The summed E-state index contributed by atoms with van der Waals surface area (Å²) in [6.45, 7) is 0. The van der Waals surface area contributed by atoms with Gasteiger partial charge in [-0.25, -0.2) is 14.3 Å². The van der Waals surface area contributed by atoms with Crippen molar-refractivity contribution in [3.05, 3.63) is 132 Å². The molecule has 1 heterocycles. The highest BCUT2D eigenvalue weighted by molar-refractivity contribution is 5.91. The van der Waals surface area contributed by atoms with Crippen LogP contribution in [0.4, 0.5) is 0 Å². The summed E-state index contributed by atoms with van der Waals surface area (Å²) in [5.74, 6) is -0.195. The summed E-state index contributed by atoms with van der Waals surface area (Å²) in [5.41, 5.74) is 3.05. The predicted molar refractivity (Wildman–Crippen MR) is 132 cm³/mol. The van der Waals surface area contributed by atoms with E-state index in [1.165, 1.54) is 0 Å². The number of hydrogen-bond donors (Lipinski definition) is 0. The van der Waals surface area contributed by atoms with Crippen LogP contribution in [0.25, 0.3) is 16.9 Å². The van der Waals surface area contributed by atoms with E-state index in [0.29, 0.717) is 28.5 Å². The van der Waals surface area contributed by atoms with E-state index in [-0.39, 0.29) is 0 Å². The second-order valence-corrected chi connectivity index (χ2v) is 7.65. The third kappa shape index (κ3) is 5.02. The first-order chi connectivity index (χ1) is 17.2. The molecule has 0 spiro atoms. The van der Waals surface area contributed by atoms with E-state index in [9.17, 15) is 9.59 Å². The molecule has 0 saturated carbocycles. The van der Waals surface area contributed by atoms with Crippen molar-refractivity contribution in [1.29, 1.82) is 0 Å². The number of aromatic nitrogens is 2. The van der Waals surface area contributed by atoms with Gasteiger partial charge in [0.2, 0.25) is 5.88 Å². The van der Waals surface area contributed by atoms with Crippen molar-refractivity contribution in [2.75, 3.05) is 0 Å². The largest absolute Gasteiger partial charge is 0.423 e. The zero-order valence-electron chi connectivity index (χ0n) is 18.6. The molecule has 0 aliphatic carbocycles. The summed E-state index contributed by atoms with van der Waals surface area (Å²) in [4.78, 5) is 25.0. The number of carbonyl (C=O) groups is 2. The average Bonchev–Trinajstić information content (AvgIpc) is 3.34. The monoisotopic (exact) mass is 460 g/mol. The van der Waals surface area contributed by atoms with Crippen molar-refractivity contribution in [1.82, 2.24) is 9.78 Å². The van der Waals surface area contributed by atoms with E-state index < -0.39 is 11.9 Å². The molecule has 0 saturated heterocycles. The topological polar surface area (TPSA) is 70.4 Å². The summed E-state index contributed by atoms with van der Waals surface area (Å²) >= 11 is 0. The van der Waals surface area contributed by atoms with E-state index in [0.717, 1.165) is 11.3 Å². The maximum atomic E-state index is 12.7. The molecule has 0 bridgehead atoms. The molecule has 5 aromatic rings. The Labute approximate surface area is 202 Å². The molecule has 0 amide bonds. The average molecular weight is 460 g/mol. The SMILES string of the molecule is O=C(Oc1ccc(-c2cc(OC(=O)c3ccccc3)n(-c3ccccc3)n2)cc1)c1ccccc1. The van der Waals surface area contributed by atoms with Gasteiger partial charge in [0, 0.05) is 11.6 Å². The Hall–Kier alpha value is -4.97. The van der Waals surface area contributed by atoms with Gasteiger partial charge < -0.3 is 9.47 Å². The maximum absolute atomic E-state index is 12.7. The Morgan fingerprint density at radius 3 is 1.69 bits per heavy atom. The number of nitrogens with zero attached hydrogens (tertiary/aromatic N) is 2. The molecule has 0 aliphatic rings. The van der Waals surface area contributed by atoms with Gasteiger partial charge in [-0.05, 0) is 60.7 Å². The fraction of sp³-hybridized carbons (Fsp3) is 0. The Balaban J connectivity index is 1.41. The Bertz CT molecular complexity index is 1450. The molecule has 0 aliphatic heterocycles. The molecule has 0 fully saturated rings. The quantitative estimate of drug-likeness (QED) is 0.230. The first kappa shape index (κ1) is 21.9. The van der Waals surface area contributed by atoms with Crippen LogP contribution in [-0.4, -0.2) is 21.7 Å². The van der Waals surface area contributed by atoms with E-state index in [1.807, 2.05) is 42.5 Å². The lowest BCUT2D eigenvalue weighted by Crippen LogP contribution is -2.11. The van der Waals surface area contributed by atoms with Gasteiger partial charge in [-0.1, -0.05) is 54.6 Å². The highest BCUT2D eigenvalue weighted by Crippen LogP contribution is 2.28. The van der Waals surface area contributed by atoms with Gasteiger partial charge in [-0.15, -0.1) is 0 Å². The summed E-state index contributed by atoms with van der Waals surface area (Å²) in [6, 6.07) is 35.7. The molecular formula is C29H20N2O4. The number of benzene rings is 4.